The molecule has 6 amide bonds. The lowest BCUT2D eigenvalue weighted by atomic mass is 9.81. The summed E-state index contributed by atoms with van der Waals surface area (Å²) >= 11 is 0. The Bertz CT molecular complexity index is 2500. The lowest BCUT2D eigenvalue weighted by molar-refractivity contribution is -0.172. The maximum atomic E-state index is 15.3. The average molecular weight is 846 g/mol. The minimum Gasteiger partial charge on any atom is -0.458 e. The van der Waals surface area contributed by atoms with Gasteiger partial charge in [-0.3, -0.25) is 38.5 Å². The summed E-state index contributed by atoms with van der Waals surface area (Å²) < 4.78 is 27.5. The summed E-state index contributed by atoms with van der Waals surface area (Å²) in [6.45, 7) is 4.17. The van der Waals surface area contributed by atoms with Crippen LogP contribution in [-0.2, 0) is 68.2 Å². The molecule has 6 N–H and O–H groups in total. The van der Waals surface area contributed by atoms with Gasteiger partial charge in [0, 0.05) is 47.7 Å². The zero-order valence-corrected chi connectivity index (χ0v) is 33.7. The molecular formula is C41H44FN7O12. The van der Waals surface area contributed by atoms with E-state index in [9.17, 15) is 48.6 Å². The summed E-state index contributed by atoms with van der Waals surface area (Å²) in [5.74, 6) is -5.22. The molecule has 2 aromatic heterocycles. The third-order valence-corrected chi connectivity index (χ3v) is 11.7. The van der Waals surface area contributed by atoms with E-state index in [0.29, 0.717) is 51.9 Å². The van der Waals surface area contributed by atoms with E-state index < -0.39 is 96.0 Å². The van der Waals surface area contributed by atoms with Gasteiger partial charge in [0.1, 0.15) is 31.2 Å². The molecule has 0 bridgehead atoms. The number of esters is 1. The summed E-state index contributed by atoms with van der Waals surface area (Å²) in [7, 11) is 0. The number of aryl methyl sites for hydroxylation is 1. The summed E-state index contributed by atoms with van der Waals surface area (Å²) in [5, 5.41) is 32.3. The molecule has 0 saturated heterocycles. The second kappa shape index (κ2) is 16.6. The molecule has 1 aliphatic carbocycles. The van der Waals surface area contributed by atoms with Crippen LogP contribution in [0.3, 0.4) is 0 Å². The van der Waals surface area contributed by atoms with E-state index in [2.05, 4.69) is 21.3 Å². The first-order chi connectivity index (χ1) is 29.0. The van der Waals surface area contributed by atoms with E-state index in [1.807, 2.05) is 0 Å². The van der Waals surface area contributed by atoms with Crippen molar-refractivity contribution in [3.05, 3.63) is 73.8 Å². The molecule has 0 fully saturated rings. The number of imide groups is 1. The molecule has 61 heavy (non-hydrogen) atoms. The Morgan fingerprint density at radius 3 is 2.41 bits per heavy atom. The number of ether oxygens (including phenoxy) is 2. The van der Waals surface area contributed by atoms with Crippen molar-refractivity contribution in [2.24, 2.45) is 0 Å². The molecule has 0 radical (unpaired) electrons. The number of aliphatic hydroxyl groups is 2. The van der Waals surface area contributed by atoms with Gasteiger partial charge in [-0.15, -0.1) is 0 Å². The Morgan fingerprint density at radius 2 is 1.72 bits per heavy atom. The number of fused-ring (bicyclic) bond motifs is 5. The van der Waals surface area contributed by atoms with Crippen LogP contribution in [0.5, 0.6) is 0 Å². The van der Waals surface area contributed by atoms with E-state index in [-0.39, 0.29) is 49.2 Å². The minimum atomic E-state index is -2.06. The number of amides is 6. The number of hydrogen-bond acceptors (Lipinski definition) is 13. The van der Waals surface area contributed by atoms with Gasteiger partial charge < -0.3 is 45.5 Å². The molecule has 7 rings (SSSR count). The van der Waals surface area contributed by atoms with E-state index in [4.69, 9.17) is 14.5 Å². The first kappa shape index (κ1) is 42.7. The maximum Gasteiger partial charge on any atom is 0.343 e. The number of aliphatic hydroxyl groups excluding tert-OH is 1. The first-order valence-corrected chi connectivity index (χ1v) is 19.7. The number of nitrogens with zero attached hydrogens (tertiary/aromatic N) is 3. The number of benzene rings is 1. The molecule has 3 aromatic rings. The lowest BCUT2D eigenvalue weighted by Crippen LogP contribution is -2.52. The fourth-order valence-electron chi connectivity index (χ4n) is 8.19. The van der Waals surface area contributed by atoms with Crippen molar-refractivity contribution in [2.75, 3.05) is 19.9 Å². The molecule has 0 saturated carbocycles. The summed E-state index contributed by atoms with van der Waals surface area (Å²) in [6, 6.07) is -0.107. The van der Waals surface area contributed by atoms with Crippen LogP contribution < -0.4 is 26.8 Å². The van der Waals surface area contributed by atoms with Crippen molar-refractivity contribution in [2.45, 2.75) is 96.4 Å². The quantitative estimate of drug-likeness (QED) is 0.0527. The Labute approximate surface area is 346 Å². The zero-order valence-electron chi connectivity index (χ0n) is 33.7. The Morgan fingerprint density at radius 1 is 1.02 bits per heavy atom. The van der Waals surface area contributed by atoms with E-state index in [1.165, 1.54) is 24.5 Å². The van der Waals surface area contributed by atoms with Crippen LogP contribution in [0.25, 0.3) is 22.3 Å². The minimum absolute atomic E-state index is 0.0165. The fraction of sp³-hybridized carbons (Fsp3) is 0.439. The average Bonchev–Trinajstić information content (AvgIpc) is 3.76. The molecule has 5 heterocycles. The molecule has 1 aromatic carbocycles. The predicted molar refractivity (Wildman–Crippen MR) is 209 cm³/mol. The van der Waals surface area contributed by atoms with Gasteiger partial charge in [0.2, 0.25) is 17.7 Å². The molecule has 3 aliphatic heterocycles. The summed E-state index contributed by atoms with van der Waals surface area (Å²) in [6.07, 6.45) is 1.06. The van der Waals surface area contributed by atoms with Gasteiger partial charge in [-0.05, 0) is 62.8 Å². The van der Waals surface area contributed by atoms with Crippen molar-refractivity contribution in [3.63, 3.8) is 0 Å². The van der Waals surface area contributed by atoms with Crippen LogP contribution in [-0.4, -0.2) is 104 Å². The standard InChI is InChI=1S/C41H44FN7O12/c1-5-41(59)24-12-28-35-22(14-49(28)39(57)23(24)16-60-40(41)58)34-26(7-6-21-18(2)25(42)13-27(46-35)33(21)34)47-38(56)29(15-50)61-17-43-36(54)19(3)45-37(55)20(4)44-30(51)10-11-48-31(52)8-9-32(48)53/h8-9,12-13,19-20,26,29,50,59H,5-7,10-11,14-17H2,1-4H3,(H,43,54)(H,44,51)(H,45,55)(H,47,56)/t19-,20-,26-,29+,41-/m0/s1. The Kier molecular flexibility index (Phi) is 11.6. The van der Waals surface area contributed by atoms with Gasteiger partial charge in [0.25, 0.3) is 23.3 Å². The highest BCUT2D eigenvalue weighted by atomic mass is 19.1. The van der Waals surface area contributed by atoms with Gasteiger partial charge in [-0.1, -0.05) is 6.92 Å². The smallest absolute Gasteiger partial charge is 0.343 e. The molecule has 4 aliphatic rings. The van der Waals surface area contributed by atoms with Gasteiger partial charge in [0.15, 0.2) is 11.7 Å². The SMILES string of the molecule is CC[C@@]1(O)C(=O)OCc2c1cc1n(c2=O)Cc2c-1nc1cc(F)c(C)c3c1c2[C@@H](NC(=O)[C@@H](CO)OCNC(=O)[C@H](C)NC(=O)[C@H](C)NC(=O)CCN1C(=O)C=CC1=O)CC3. The third-order valence-electron chi connectivity index (χ3n) is 11.7. The van der Waals surface area contributed by atoms with E-state index in [1.54, 1.807) is 19.9 Å². The van der Waals surface area contributed by atoms with Gasteiger partial charge >= 0.3 is 5.97 Å². The Hall–Kier alpha value is -6.38. The van der Waals surface area contributed by atoms with E-state index in [0.717, 1.165) is 17.1 Å². The van der Waals surface area contributed by atoms with Crippen molar-refractivity contribution in [3.8, 4) is 11.4 Å². The van der Waals surface area contributed by atoms with Gasteiger partial charge in [-0.2, -0.15) is 0 Å². The highest BCUT2D eigenvalue weighted by Crippen LogP contribution is 2.46. The Balaban J connectivity index is 1.02. The van der Waals surface area contributed by atoms with Crippen LogP contribution in [0.2, 0.25) is 0 Å². The van der Waals surface area contributed by atoms with E-state index >= 15 is 4.39 Å². The second-order valence-corrected chi connectivity index (χ2v) is 15.4. The van der Waals surface area contributed by atoms with Crippen molar-refractivity contribution in [1.82, 2.24) is 35.7 Å². The summed E-state index contributed by atoms with van der Waals surface area (Å²) in [5.41, 5.74) is 0.830. The molecule has 5 atom stereocenters. The van der Waals surface area contributed by atoms with Gasteiger partial charge in [-0.25, -0.2) is 14.2 Å². The van der Waals surface area contributed by atoms with Crippen molar-refractivity contribution in [1.29, 1.82) is 0 Å². The number of hydrogen-bond donors (Lipinski definition) is 6. The first-order valence-electron chi connectivity index (χ1n) is 19.7. The number of rotatable bonds is 14. The predicted octanol–water partition coefficient (Wildman–Crippen LogP) is -0.594. The number of aromatic nitrogens is 2. The number of cyclic esters (lactones) is 1. The lowest BCUT2D eigenvalue weighted by Gasteiger charge is -2.31. The maximum absolute atomic E-state index is 15.3. The second-order valence-electron chi connectivity index (χ2n) is 15.4. The number of nitrogens with one attached hydrogen (secondary N) is 4. The molecule has 19 nitrogen and oxygen atoms in total. The molecule has 322 valence electrons. The number of carbonyl (C=O) groups is 7. The normalized spacial score (nSPS) is 20.0. The van der Waals surface area contributed by atoms with Gasteiger partial charge in [0.05, 0.1) is 41.7 Å². The highest BCUT2D eigenvalue weighted by molar-refractivity contribution is 6.13. The largest absolute Gasteiger partial charge is 0.458 e. The fourth-order valence-corrected chi connectivity index (χ4v) is 8.19. The molecule has 20 heteroatoms. The topological polar surface area (TPSA) is 265 Å². The molecular weight excluding hydrogens is 801 g/mol. The van der Waals surface area contributed by atoms with Crippen LogP contribution in [0.1, 0.15) is 79.5 Å². The number of pyridine rings is 2. The van der Waals surface area contributed by atoms with Crippen molar-refractivity contribution >= 4 is 52.3 Å². The molecule has 0 unspecified atom stereocenters. The van der Waals surface area contributed by atoms with Crippen LogP contribution in [0.4, 0.5) is 4.39 Å². The monoisotopic (exact) mass is 845 g/mol. The molecule has 0 spiro atoms. The summed E-state index contributed by atoms with van der Waals surface area (Å²) in [4.78, 5) is 107. The van der Waals surface area contributed by atoms with Crippen LogP contribution in [0.15, 0.2) is 29.1 Å². The number of carbonyl (C=O) groups excluding carboxylic acids is 7. The van der Waals surface area contributed by atoms with Crippen LogP contribution in [0, 0.1) is 12.7 Å². The third kappa shape index (κ3) is 7.65. The zero-order chi connectivity index (χ0) is 44.1. The highest BCUT2D eigenvalue weighted by Gasteiger charge is 2.46. The number of halogens is 1. The van der Waals surface area contributed by atoms with Crippen LogP contribution >= 0.6 is 0 Å². The van der Waals surface area contributed by atoms with Crippen molar-refractivity contribution < 1.29 is 57.6 Å².